The maximum Gasteiger partial charge on any atom is 0.242 e. The summed E-state index contributed by atoms with van der Waals surface area (Å²) in [6.45, 7) is 7.52. The number of nitrogens with one attached hydrogen (secondary N) is 3. The first-order chi connectivity index (χ1) is 13.5. The van der Waals surface area contributed by atoms with Crippen molar-refractivity contribution in [1.82, 2.24) is 16.0 Å². The third kappa shape index (κ3) is 15.2. The number of hydrogen-bond donors (Lipinski definition) is 3. The molecule has 0 bridgehead atoms. The Labute approximate surface area is 171 Å². The summed E-state index contributed by atoms with van der Waals surface area (Å²) < 4.78 is 0. The fourth-order valence-corrected chi connectivity index (χ4v) is 2.62. The van der Waals surface area contributed by atoms with Gasteiger partial charge in [0.2, 0.25) is 17.7 Å². The minimum absolute atomic E-state index is 0.0788. The number of hydrogen-bond acceptors (Lipinski definition) is 3. The Morgan fingerprint density at radius 1 is 0.786 bits per heavy atom. The summed E-state index contributed by atoms with van der Waals surface area (Å²) in [7, 11) is 0. The van der Waals surface area contributed by atoms with Gasteiger partial charge in [-0.3, -0.25) is 14.4 Å². The average molecular weight is 396 g/mol. The van der Waals surface area contributed by atoms with E-state index >= 15 is 0 Å². The van der Waals surface area contributed by atoms with Crippen LogP contribution in [-0.4, -0.2) is 36.9 Å². The summed E-state index contributed by atoms with van der Waals surface area (Å²) in [6, 6.07) is -0.672. The van der Waals surface area contributed by atoms with Crippen LogP contribution in [0.4, 0.5) is 0 Å². The van der Waals surface area contributed by atoms with Crippen molar-refractivity contribution in [2.45, 2.75) is 97.4 Å². The number of carbonyl (C=O) groups excluding carboxylic acids is 3. The molecule has 0 aliphatic heterocycles. The van der Waals surface area contributed by atoms with Crippen molar-refractivity contribution >= 4 is 17.7 Å². The van der Waals surface area contributed by atoms with Crippen molar-refractivity contribution in [2.75, 3.05) is 13.1 Å². The van der Waals surface area contributed by atoms with Gasteiger partial charge >= 0.3 is 0 Å². The van der Waals surface area contributed by atoms with Crippen LogP contribution in [-0.2, 0) is 14.4 Å². The molecule has 0 spiro atoms. The minimum Gasteiger partial charge on any atom is -0.356 e. The van der Waals surface area contributed by atoms with Crippen LogP contribution in [0.2, 0.25) is 0 Å². The lowest BCUT2D eigenvalue weighted by molar-refractivity contribution is -0.129. The van der Waals surface area contributed by atoms with Crippen LogP contribution in [0.25, 0.3) is 0 Å². The molecule has 3 N–H and O–H groups in total. The molecule has 28 heavy (non-hydrogen) atoms. The van der Waals surface area contributed by atoms with Gasteiger partial charge in [0.25, 0.3) is 0 Å². The fourth-order valence-electron chi connectivity index (χ4n) is 2.62. The molecule has 6 nitrogen and oxygen atoms in total. The standard InChI is InChI=1S/C22H41N3O3/c1-4-7-10-11-12-13-14-21(27)25-19(22(28)24-18-9-6-3)15-16-20(26)23-17-8-5-2/h12-13,19H,4-11,14-18H2,1-3H3,(H,23,26)(H,24,28)(H,25,27)/b13-12+/t19-/m0/s1. The van der Waals surface area contributed by atoms with Crippen molar-refractivity contribution in [2.24, 2.45) is 0 Å². The molecule has 0 aromatic carbocycles. The maximum absolute atomic E-state index is 12.4. The highest BCUT2D eigenvalue weighted by Crippen LogP contribution is 2.02. The zero-order valence-electron chi connectivity index (χ0n) is 18.1. The van der Waals surface area contributed by atoms with Gasteiger partial charge in [0.15, 0.2) is 0 Å². The number of amides is 3. The molecule has 162 valence electrons. The van der Waals surface area contributed by atoms with Crippen molar-refractivity contribution in [3.05, 3.63) is 12.2 Å². The summed E-state index contributed by atoms with van der Waals surface area (Å²) in [5.74, 6) is -0.478. The van der Waals surface area contributed by atoms with Gasteiger partial charge in [-0.05, 0) is 32.1 Å². The van der Waals surface area contributed by atoms with Gasteiger partial charge in [0.1, 0.15) is 6.04 Å². The highest BCUT2D eigenvalue weighted by molar-refractivity contribution is 5.88. The van der Waals surface area contributed by atoms with Gasteiger partial charge < -0.3 is 16.0 Å². The molecule has 0 rings (SSSR count). The van der Waals surface area contributed by atoms with E-state index in [1.54, 1.807) is 0 Å². The largest absolute Gasteiger partial charge is 0.356 e. The molecular formula is C22H41N3O3. The number of allylic oxidation sites excluding steroid dienone is 1. The third-order valence-electron chi connectivity index (χ3n) is 4.44. The van der Waals surface area contributed by atoms with Crippen LogP contribution in [0.3, 0.4) is 0 Å². The number of rotatable bonds is 17. The van der Waals surface area contributed by atoms with E-state index in [1.165, 1.54) is 12.8 Å². The van der Waals surface area contributed by atoms with E-state index in [2.05, 4.69) is 36.7 Å². The molecule has 0 saturated heterocycles. The second kappa shape index (κ2) is 18.5. The first kappa shape index (κ1) is 26.1. The fraction of sp³-hybridized carbons (Fsp3) is 0.773. The normalized spacial score (nSPS) is 12.0. The molecule has 0 radical (unpaired) electrons. The van der Waals surface area contributed by atoms with E-state index in [1.807, 2.05) is 12.2 Å². The smallest absolute Gasteiger partial charge is 0.242 e. The van der Waals surface area contributed by atoms with Gasteiger partial charge in [-0.2, -0.15) is 0 Å². The zero-order chi connectivity index (χ0) is 21.0. The lowest BCUT2D eigenvalue weighted by Crippen LogP contribution is -2.47. The Hall–Kier alpha value is -1.85. The minimum atomic E-state index is -0.672. The van der Waals surface area contributed by atoms with Crippen LogP contribution >= 0.6 is 0 Å². The van der Waals surface area contributed by atoms with Gasteiger partial charge in [-0.15, -0.1) is 0 Å². The SMILES string of the molecule is CCCCC/C=C/CC(=O)N[C@@H](CCC(=O)NCCCC)C(=O)NCCCC. The molecule has 0 fully saturated rings. The molecule has 0 aliphatic carbocycles. The summed E-state index contributed by atoms with van der Waals surface area (Å²) >= 11 is 0. The Balaban J connectivity index is 4.47. The Kier molecular flexibility index (Phi) is 17.3. The van der Waals surface area contributed by atoms with Gasteiger partial charge in [0.05, 0.1) is 0 Å². The molecule has 0 unspecified atom stereocenters. The quantitative estimate of drug-likeness (QED) is 0.260. The summed E-state index contributed by atoms with van der Waals surface area (Å²) in [5, 5.41) is 8.49. The summed E-state index contributed by atoms with van der Waals surface area (Å²) in [5.41, 5.74) is 0. The van der Waals surface area contributed by atoms with Crippen LogP contribution < -0.4 is 16.0 Å². The summed E-state index contributed by atoms with van der Waals surface area (Å²) in [6.07, 6.45) is 13.0. The first-order valence-corrected chi connectivity index (χ1v) is 11.0. The highest BCUT2D eigenvalue weighted by atomic mass is 16.2. The van der Waals surface area contributed by atoms with E-state index in [9.17, 15) is 14.4 Å². The average Bonchev–Trinajstić information content (AvgIpc) is 2.68. The predicted octanol–water partition coefficient (Wildman–Crippen LogP) is 3.61. The highest BCUT2D eigenvalue weighted by Gasteiger charge is 2.21. The van der Waals surface area contributed by atoms with E-state index in [4.69, 9.17) is 0 Å². The Bertz CT molecular complexity index is 464. The van der Waals surface area contributed by atoms with Crippen molar-refractivity contribution in [3.8, 4) is 0 Å². The number of unbranched alkanes of at least 4 members (excludes halogenated alkanes) is 5. The predicted molar refractivity (Wildman–Crippen MR) is 115 cm³/mol. The van der Waals surface area contributed by atoms with Gasteiger partial charge in [-0.25, -0.2) is 0 Å². The van der Waals surface area contributed by atoms with E-state index in [-0.39, 0.29) is 30.6 Å². The molecule has 0 aromatic heterocycles. The molecule has 0 aromatic rings. The summed E-state index contributed by atoms with van der Waals surface area (Å²) in [4.78, 5) is 36.5. The van der Waals surface area contributed by atoms with Crippen molar-refractivity contribution in [3.63, 3.8) is 0 Å². The van der Waals surface area contributed by atoms with Gasteiger partial charge in [0, 0.05) is 25.9 Å². The van der Waals surface area contributed by atoms with E-state index < -0.39 is 6.04 Å². The van der Waals surface area contributed by atoms with E-state index in [0.29, 0.717) is 19.5 Å². The molecule has 0 saturated carbocycles. The monoisotopic (exact) mass is 395 g/mol. The molecule has 1 atom stereocenters. The molecule has 6 heteroatoms. The third-order valence-corrected chi connectivity index (χ3v) is 4.44. The number of carbonyl (C=O) groups is 3. The lowest BCUT2D eigenvalue weighted by Gasteiger charge is -2.18. The maximum atomic E-state index is 12.4. The molecule has 3 amide bonds. The Morgan fingerprint density at radius 3 is 2.07 bits per heavy atom. The second-order valence-electron chi connectivity index (χ2n) is 7.18. The molecule has 0 heterocycles. The van der Waals surface area contributed by atoms with Crippen LogP contribution in [0.15, 0.2) is 12.2 Å². The van der Waals surface area contributed by atoms with Crippen molar-refractivity contribution < 1.29 is 14.4 Å². The zero-order valence-corrected chi connectivity index (χ0v) is 18.1. The van der Waals surface area contributed by atoms with Crippen molar-refractivity contribution in [1.29, 1.82) is 0 Å². The Morgan fingerprint density at radius 2 is 1.43 bits per heavy atom. The molecular weight excluding hydrogens is 354 g/mol. The van der Waals surface area contributed by atoms with Gasteiger partial charge in [-0.1, -0.05) is 58.6 Å². The van der Waals surface area contributed by atoms with Crippen LogP contribution in [0, 0.1) is 0 Å². The lowest BCUT2D eigenvalue weighted by atomic mass is 10.1. The second-order valence-corrected chi connectivity index (χ2v) is 7.18. The topological polar surface area (TPSA) is 87.3 Å². The van der Waals surface area contributed by atoms with E-state index in [0.717, 1.165) is 38.5 Å². The van der Waals surface area contributed by atoms with Crippen LogP contribution in [0.1, 0.15) is 91.4 Å². The van der Waals surface area contributed by atoms with Crippen LogP contribution in [0.5, 0.6) is 0 Å². The first-order valence-electron chi connectivity index (χ1n) is 11.0. The molecule has 0 aliphatic rings.